The normalized spacial score (nSPS) is 32.6. The molecule has 0 bridgehead atoms. The summed E-state index contributed by atoms with van der Waals surface area (Å²) in [5, 5.41) is 19.7. The molecule has 4 heteroatoms. The highest BCUT2D eigenvalue weighted by atomic mass is 16.7. The van der Waals surface area contributed by atoms with Crippen LogP contribution in [0.1, 0.15) is 18.4 Å². The Morgan fingerprint density at radius 3 is 2.79 bits per heavy atom. The minimum atomic E-state index is -0.578. The van der Waals surface area contributed by atoms with Crippen molar-refractivity contribution in [1.82, 2.24) is 0 Å². The SMILES string of the molecule is C[C@H]1C=C[C@@H](CO)[C@@H](O)[C@@H]1c1ccc2c(c1)OCO2. The number of hydrogen-bond donors (Lipinski definition) is 2. The second-order valence-electron chi connectivity index (χ2n) is 5.22. The van der Waals surface area contributed by atoms with Gasteiger partial charge in [0.15, 0.2) is 11.5 Å². The van der Waals surface area contributed by atoms with Gasteiger partial charge in [-0.25, -0.2) is 0 Å². The minimum Gasteiger partial charge on any atom is -0.454 e. The number of ether oxygens (including phenoxy) is 2. The third-order valence-electron chi connectivity index (χ3n) is 4.03. The molecule has 0 saturated carbocycles. The molecule has 1 aliphatic carbocycles. The number of aliphatic hydroxyl groups is 2. The molecule has 2 aliphatic rings. The maximum atomic E-state index is 10.4. The first-order valence-corrected chi connectivity index (χ1v) is 6.57. The highest BCUT2D eigenvalue weighted by Crippen LogP contribution is 2.41. The zero-order valence-corrected chi connectivity index (χ0v) is 10.8. The Labute approximate surface area is 112 Å². The molecule has 1 heterocycles. The van der Waals surface area contributed by atoms with Crippen molar-refractivity contribution in [2.75, 3.05) is 13.4 Å². The molecule has 0 radical (unpaired) electrons. The Balaban J connectivity index is 1.94. The number of rotatable bonds is 2. The standard InChI is InChI=1S/C15H18O4/c1-9-2-3-11(7-16)15(17)14(9)10-4-5-12-13(6-10)19-8-18-12/h2-6,9,11,14-17H,7-8H2,1H3/t9-,11-,14-,15+/m0/s1. The van der Waals surface area contributed by atoms with Gasteiger partial charge in [0.1, 0.15) is 0 Å². The van der Waals surface area contributed by atoms with Gasteiger partial charge in [0.05, 0.1) is 12.7 Å². The molecule has 19 heavy (non-hydrogen) atoms. The molecule has 0 aromatic heterocycles. The van der Waals surface area contributed by atoms with Gasteiger partial charge in [-0.1, -0.05) is 25.1 Å². The summed E-state index contributed by atoms with van der Waals surface area (Å²) in [5.41, 5.74) is 1.02. The summed E-state index contributed by atoms with van der Waals surface area (Å²) in [5.74, 6) is 1.46. The first-order valence-electron chi connectivity index (χ1n) is 6.57. The van der Waals surface area contributed by atoms with Gasteiger partial charge in [0, 0.05) is 11.8 Å². The summed E-state index contributed by atoms with van der Waals surface area (Å²) in [6.07, 6.45) is 3.38. The van der Waals surface area contributed by atoms with Crippen LogP contribution in [0.15, 0.2) is 30.4 Å². The molecule has 0 spiro atoms. The molecule has 3 rings (SSSR count). The third-order valence-corrected chi connectivity index (χ3v) is 4.03. The van der Waals surface area contributed by atoms with E-state index in [1.54, 1.807) is 0 Å². The van der Waals surface area contributed by atoms with Crippen LogP contribution < -0.4 is 9.47 Å². The first kappa shape index (κ1) is 12.5. The molecule has 0 fully saturated rings. The first-order chi connectivity index (χ1) is 9.20. The van der Waals surface area contributed by atoms with E-state index in [2.05, 4.69) is 13.0 Å². The molecule has 1 aromatic rings. The monoisotopic (exact) mass is 262 g/mol. The number of fused-ring (bicyclic) bond motifs is 1. The third kappa shape index (κ3) is 2.11. The van der Waals surface area contributed by atoms with Gasteiger partial charge in [-0.2, -0.15) is 0 Å². The number of allylic oxidation sites excluding steroid dienone is 1. The Hall–Kier alpha value is -1.52. The minimum absolute atomic E-state index is 0.0309. The van der Waals surface area contributed by atoms with Crippen molar-refractivity contribution >= 4 is 0 Å². The van der Waals surface area contributed by atoms with Gasteiger partial charge in [0.25, 0.3) is 0 Å². The fraction of sp³-hybridized carbons (Fsp3) is 0.467. The van der Waals surface area contributed by atoms with E-state index in [0.717, 1.165) is 17.1 Å². The topological polar surface area (TPSA) is 58.9 Å². The van der Waals surface area contributed by atoms with Gasteiger partial charge in [-0.15, -0.1) is 0 Å². The lowest BCUT2D eigenvalue weighted by Gasteiger charge is -2.34. The van der Waals surface area contributed by atoms with Crippen molar-refractivity contribution in [2.45, 2.75) is 18.9 Å². The van der Waals surface area contributed by atoms with Crippen LogP contribution in [0.3, 0.4) is 0 Å². The predicted molar refractivity (Wildman–Crippen MR) is 70.2 cm³/mol. The van der Waals surface area contributed by atoms with E-state index in [1.807, 2.05) is 24.3 Å². The smallest absolute Gasteiger partial charge is 0.231 e. The van der Waals surface area contributed by atoms with Crippen LogP contribution in [0.4, 0.5) is 0 Å². The second-order valence-corrected chi connectivity index (χ2v) is 5.22. The summed E-state index contributed by atoms with van der Waals surface area (Å²) in [6, 6.07) is 5.77. The van der Waals surface area contributed by atoms with Crippen LogP contribution in [-0.4, -0.2) is 29.7 Å². The lowest BCUT2D eigenvalue weighted by Crippen LogP contribution is -2.35. The van der Waals surface area contributed by atoms with Crippen molar-refractivity contribution < 1.29 is 19.7 Å². The molecular weight excluding hydrogens is 244 g/mol. The quantitative estimate of drug-likeness (QED) is 0.796. The fourth-order valence-corrected chi connectivity index (χ4v) is 2.92. The summed E-state index contributed by atoms with van der Waals surface area (Å²) >= 11 is 0. The lowest BCUT2D eigenvalue weighted by atomic mass is 9.74. The summed E-state index contributed by atoms with van der Waals surface area (Å²) in [7, 11) is 0. The van der Waals surface area contributed by atoms with E-state index in [1.165, 1.54) is 0 Å². The van der Waals surface area contributed by atoms with Crippen LogP contribution in [0.2, 0.25) is 0 Å². The molecule has 2 N–H and O–H groups in total. The summed E-state index contributed by atoms with van der Waals surface area (Å²) in [6.45, 7) is 2.29. The van der Waals surface area contributed by atoms with E-state index in [0.29, 0.717) is 0 Å². The number of benzene rings is 1. The van der Waals surface area contributed by atoms with Crippen molar-refractivity contribution in [1.29, 1.82) is 0 Å². The molecule has 4 nitrogen and oxygen atoms in total. The molecule has 102 valence electrons. The van der Waals surface area contributed by atoms with E-state index in [9.17, 15) is 10.2 Å². The van der Waals surface area contributed by atoms with E-state index in [4.69, 9.17) is 9.47 Å². The summed E-state index contributed by atoms with van der Waals surface area (Å²) < 4.78 is 10.7. The average Bonchev–Trinajstić information content (AvgIpc) is 2.86. The Morgan fingerprint density at radius 2 is 2.00 bits per heavy atom. The molecule has 1 aromatic carbocycles. The van der Waals surface area contributed by atoms with E-state index < -0.39 is 6.10 Å². The van der Waals surface area contributed by atoms with Gasteiger partial charge in [-0.05, 0) is 23.6 Å². The fourth-order valence-electron chi connectivity index (χ4n) is 2.92. The molecule has 0 unspecified atom stereocenters. The zero-order valence-electron chi connectivity index (χ0n) is 10.8. The maximum Gasteiger partial charge on any atom is 0.231 e. The van der Waals surface area contributed by atoms with Crippen molar-refractivity contribution in [3.8, 4) is 11.5 Å². The summed E-state index contributed by atoms with van der Waals surface area (Å²) in [4.78, 5) is 0. The Bertz CT molecular complexity index is 497. The molecular formula is C15H18O4. The largest absolute Gasteiger partial charge is 0.454 e. The van der Waals surface area contributed by atoms with Gasteiger partial charge >= 0.3 is 0 Å². The second kappa shape index (κ2) is 4.87. The van der Waals surface area contributed by atoms with Crippen molar-refractivity contribution in [3.05, 3.63) is 35.9 Å². The zero-order chi connectivity index (χ0) is 13.4. The maximum absolute atomic E-state index is 10.4. The molecule has 0 saturated heterocycles. The van der Waals surface area contributed by atoms with Gasteiger partial charge in [-0.3, -0.25) is 0 Å². The van der Waals surface area contributed by atoms with Crippen LogP contribution in [0, 0.1) is 11.8 Å². The molecule has 1 aliphatic heterocycles. The molecule has 4 atom stereocenters. The predicted octanol–water partition coefficient (Wildman–Crippen LogP) is 1.67. The van der Waals surface area contributed by atoms with Crippen LogP contribution in [0.25, 0.3) is 0 Å². The Morgan fingerprint density at radius 1 is 1.21 bits per heavy atom. The van der Waals surface area contributed by atoms with E-state index >= 15 is 0 Å². The lowest BCUT2D eigenvalue weighted by molar-refractivity contribution is 0.0514. The van der Waals surface area contributed by atoms with Crippen molar-refractivity contribution in [3.63, 3.8) is 0 Å². The highest BCUT2D eigenvalue weighted by Gasteiger charge is 2.34. The van der Waals surface area contributed by atoms with Crippen LogP contribution in [-0.2, 0) is 0 Å². The highest BCUT2D eigenvalue weighted by molar-refractivity contribution is 5.46. The number of hydrogen-bond acceptors (Lipinski definition) is 4. The van der Waals surface area contributed by atoms with Crippen LogP contribution in [0.5, 0.6) is 11.5 Å². The average molecular weight is 262 g/mol. The van der Waals surface area contributed by atoms with Crippen molar-refractivity contribution in [2.24, 2.45) is 11.8 Å². The van der Waals surface area contributed by atoms with Gasteiger partial charge in [0.2, 0.25) is 6.79 Å². The van der Waals surface area contributed by atoms with Crippen LogP contribution >= 0.6 is 0 Å². The van der Waals surface area contributed by atoms with Gasteiger partial charge < -0.3 is 19.7 Å². The number of aliphatic hydroxyl groups excluding tert-OH is 2. The van der Waals surface area contributed by atoms with E-state index in [-0.39, 0.29) is 31.2 Å². The Kier molecular flexibility index (Phi) is 3.21. The molecule has 0 amide bonds.